The summed E-state index contributed by atoms with van der Waals surface area (Å²) in [5.74, 6) is -0.434. The molecule has 0 aromatic carbocycles. The van der Waals surface area contributed by atoms with Gasteiger partial charge in [-0.15, -0.1) is 0 Å². The minimum absolute atomic E-state index is 0.0760. The number of nitrogen functional groups attached to an aromatic ring is 1. The molecular weight excluding hydrogens is 312 g/mol. The smallest absolute Gasteiger partial charge is 0.329 e. The highest BCUT2D eigenvalue weighted by Crippen LogP contribution is 2.21. The molecule has 1 atom stereocenters. The van der Waals surface area contributed by atoms with Gasteiger partial charge in [0.2, 0.25) is 6.41 Å². The summed E-state index contributed by atoms with van der Waals surface area (Å²) in [5, 5.41) is 18.8. The van der Waals surface area contributed by atoms with Gasteiger partial charge in [-0.25, -0.2) is 24.8 Å². The van der Waals surface area contributed by atoms with Crippen molar-refractivity contribution in [2.24, 2.45) is 0 Å². The van der Waals surface area contributed by atoms with E-state index in [1.807, 2.05) is 0 Å². The van der Waals surface area contributed by atoms with E-state index in [-0.39, 0.29) is 23.7 Å². The summed E-state index contributed by atoms with van der Waals surface area (Å²) in [6.45, 7) is 0. The molecular formula is C11H14N6O4S. The average molecular weight is 326 g/mol. The van der Waals surface area contributed by atoms with Crippen molar-refractivity contribution in [3.05, 3.63) is 6.33 Å². The fourth-order valence-corrected chi connectivity index (χ4v) is 2.61. The van der Waals surface area contributed by atoms with E-state index in [0.29, 0.717) is 28.5 Å². The van der Waals surface area contributed by atoms with Crippen molar-refractivity contribution in [3.63, 3.8) is 0 Å². The number of aliphatic carboxylic acids is 1. The number of aromatic amines is 1. The summed E-state index contributed by atoms with van der Waals surface area (Å²) in [6.07, 6.45) is 1.99. The molecule has 118 valence electrons. The van der Waals surface area contributed by atoms with Gasteiger partial charge in [-0.1, -0.05) is 11.8 Å². The van der Waals surface area contributed by atoms with Gasteiger partial charge in [0.05, 0.1) is 0 Å². The molecule has 0 radical (unpaired) electrons. The lowest BCUT2D eigenvalue weighted by Gasteiger charge is -2.17. The molecule has 0 spiro atoms. The highest BCUT2D eigenvalue weighted by atomic mass is 32.2. The first kappa shape index (κ1) is 16.0. The molecule has 0 unspecified atom stereocenters. The second-order valence-corrected chi connectivity index (χ2v) is 5.41. The number of hydroxylamine groups is 2. The molecule has 0 saturated carbocycles. The Hall–Kier alpha value is -2.40. The molecule has 0 bridgehead atoms. The molecule has 5 N–H and O–H groups in total. The van der Waals surface area contributed by atoms with Crippen LogP contribution in [0.3, 0.4) is 0 Å². The molecule has 2 aromatic heterocycles. The number of fused-ring (bicyclic) bond motifs is 1. The minimum Gasteiger partial charge on any atom is -0.480 e. The summed E-state index contributed by atoms with van der Waals surface area (Å²) in [6, 6.07) is -1.25. The van der Waals surface area contributed by atoms with Gasteiger partial charge in [-0.3, -0.25) is 10.0 Å². The Labute approximate surface area is 128 Å². The Morgan fingerprint density at radius 3 is 2.95 bits per heavy atom. The maximum Gasteiger partial charge on any atom is 0.329 e. The molecule has 0 aliphatic carbocycles. The predicted octanol–water partition coefficient (Wildman–Crippen LogP) is 0.108. The minimum atomic E-state index is -1.26. The van der Waals surface area contributed by atoms with Crippen molar-refractivity contribution in [1.82, 2.24) is 25.0 Å². The summed E-state index contributed by atoms with van der Waals surface area (Å²) in [4.78, 5) is 36.3. The van der Waals surface area contributed by atoms with Crippen molar-refractivity contribution in [2.45, 2.75) is 24.0 Å². The average Bonchev–Trinajstić information content (AvgIpc) is 2.90. The fraction of sp³-hybridized carbons (Fsp3) is 0.364. The topological polar surface area (TPSA) is 158 Å². The van der Waals surface area contributed by atoms with E-state index in [9.17, 15) is 9.59 Å². The first-order valence-electron chi connectivity index (χ1n) is 6.27. The number of H-pyrrole nitrogens is 1. The second kappa shape index (κ2) is 7.04. The van der Waals surface area contributed by atoms with Crippen molar-refractivity contribution in [2.75, 3.05) is 11.5 Å². The lowest BCUT2D eigenvalue weighted by molar-refractivity contribution is -0.175. The lowest BCUT2D eigenvalue weighted by atomic mass is 10.2. The molecule has 2 heterocycles. The normalized spacial score (nSPS) is 12.2. The largest absolute Gasteiger partial charge is 0.480 e. The van der Waals surface area contributed by atoms with Crippen LogP contribution in [0.4, 0.5) is 5.82 Å². The standard InChI is InChI=1S/C11H14N6O4S/c12-8-7-9(14-4-13-8)16-11(15-7)22-3-1-2-6(10(19)20)17(21)5-18/h4-6,21H,1-3H2,(H,19,20)(H3,12,13,14,15,16)/t6-/m0/s1. The number of anilines is 1. The number of rotatable bonds is 8. The number of imidazole rings is 1. The lowest BCUT2D eigenvalue weighted by Crippen LogP contribution is -2.38. The Bertz CT molecular complexity index is 678. The Kier molecular flexibility index (Phi) is 5.12. The van der Waals surface area contributed by atoms with E-state index < -0.39 is 12.0 Å². The first-order chi connectivity index (χ1) is 10.5. The van der Waals surface area contributed by atoms with E-state index in [4.69, 9.17) is 16.0 Å². The van der Waals surface area contributed by atoms with Crippen LogP contribution in [-0.2, 0) is 9.59 Å². The maximum absolute atomic E-state index is 10.9. The number of carboxylic acids is 1. The number of amides is 1. The van der Waals surface area contributed by atoms with Gasteiger partial charge in [0.1, 0.15) is 6.33 Å². The number of carbonyl (C=O) groups is 2. The van der Waals surface area contributed by atoms with Crippen LogP contribution >= 0.6 is 11.8 Å². The zero-order valence-electron chi connectivity index (χ0n) is 11.3. The third-order valence-corrected chi connectivity index (χ3v) is 3.82. The number of nitrogens with one attached hydrogen (secondary N) is 1. The fourth-order valence-electron chi connectivity index (χ4n) is 1.78. The summed E-state index contributed by atoms with van der Waals surface area (Å²) >= 11 is 1.36. The Balaban J connectivity index is 1.88. The van der Waals surface area contributed by atoms with Crippen LogP contribution in [0.2, 0.25) is 0 Å². The van der Waals surface area contributed by atoms with E-state index in [2.05, 4.69) is 19.9 Å². The van der Waals surface area contributed by atoms with Crippen molar-refractivity contribution < 1.29 is 19.9 Å². The molecule has 10 nitrogen and oxygen atoms in total. The van der Waals surface area contributed by atoms with Crippen LogP contribution in [-0.4, -0.2) is 59.5 Å². The summed E-state index contributed by atoms with van der Waals surface area (Å²) < 4.78 is 0. The van der Waals surface area contributed by atoms with Crippen LogP contribution in [0.5, 0.6) is 0 Å². The predicted molar refractivity (Wildman–Crippen MR) is 77.2 cm³/mol. The van der Waals surface area contributed by atoms with Gasteiger partial charge >= 0.3 is 5.97 Å². The van der Waals surface area contributed by atoms with Crippen molar-refractivity contribution >= 4 is 41.1 Å². The quantitative estimate of drug-likeness (QED) is 0.173. The molecule has 0 fully saturated rings. The number of hydrogen-bond acceptors (Lipinski definition) is 8. The zero-order chi connectivity index (χ0) is 16.1. The number of thioether (sulfide) groups is 1. The van der Waals surface area contributed by atoms with Crippen molar-refractivity contribution in [3.8, 4) is 0 Å². The first-order valence-corrected chi connectivity index (χ1v) is 7.25. The monoisotopic (exact) mass is 326 g/mol. The van der Waals surface area contributed by atoms with Crippen LogP contribution in [0.1, 0.15) is 12.8 Å². The molecule has 1 amide bonds. The van der Waals surface area contributed by atoms with Crippen LogP contribution in [0, 0.1) is 0 Å². The highest BCUT2D eigenvalue weighted by molar-refractivity contribution is 7.99. The Morgan fingerprint density at radius 1 is 1.55 bits per heavy atom. The molecule has 0 saturated heterocycles. The van der Waals surface area contributed by atoms with Gasteiger partial charge in [-0.2, -0.15) is 0 Å². The van der Waals surface area contributed by atoms with E-state index in [0.717, 1.165) is 0 Å². The Morgan fingerprint density at radius 2 is 2.32 bits per heavy atom. The number of hydrogen-bond donors (Lipinski definition) is 4. The number of aromatic nitrogens is 4. The molecule has 2 rings (SSSR count). The van der Waals surface area contributed by atoms with Crippen LogP contribution < -0.4 is 5.73 Å². The molecule has 2 aromatic rings. The van der Waals surface area contributed by atoms with Gasteiger partial charge in [0.15, 0.2) is 28.2 Å². The maximum atomic E-state index is 10.9. The van der Waals surface area contributed by atoms with E-state index >= 15 is 0 Å². The number of nitrogens with zero attached hydrogens (tertiary/aromatic N) is 4. The molecule has 0 aliphatic heterocycles. The second-order valence-electron chi connectivity index (χ2n) is 4.33. The third-order valence-electron chi connectivity index (χ3n) is 2.86. The van der Waals surface area contributed by atoms with Crippen LogP contribution in [0.15, 0.2) is 11.5 Å². The number of carboxylic acid groups (broad SMARTS) is 1. The number of carbonyl (C=O) groups excluding carboxylic acids is 1. The van der Waals surface area contributed by atoms with Gasteiger partial charge in [-0.05, 0) is 12.8 Å². The number of nitrogens with two attached hydrogens (primary N) is 1. The zero-order valence-corrected chi connectivity index (χ0v) is 12.2. The van der Waals surface area contributed by atoms with Gasteiger partial charge < -0.3 is 15.8 Å². The van der Waals surface area contributed by atoms with E-state index in [1.54, 1.807) is 0 Å². The SMILES string of the molecule is Nc1ncnc2[nH]c(SCCC[C@@H](C(=O)O)N(O)C=O)nc12. The molecule has 0 aliphatic rings. The molecule has 22 heavy (non-hydrogen) atoms. The van der Waals surface area contributed by atoms with Gasteiger partial charge in [0.25, 0.3) is 0 Å². The summed E-state index contributed by atoms with van der Waals surface area (Å²) in [7, 11) is 0. The van der Waals surface area contributed by atoms with Crippen LogP contribution in [0.25, 0.3) is 11.2 Å². The summed E-state index contributed by atoms with van der Waals surface area (Å²) in [5.41, 5.74) is 6.68. The third kappa shape index (κ3) is 3.62. The molecule has 11 heteroatoms. The highest BCUT2D eigenvalue weighted by Gasteiger charge is 2.22. The van der Waals surface area contributed by atoms with Crippen molar-refractivity contribution in [1.29, 1.82) is 0 Å². The van der Waals surface area contributed by atoms with Gasteiger partial charge in [0, 0.05) is 5.75 Å². The van der Waals surface area contributed by atoms with E-state index in [1.165, 1.54) is 18.1 Å².